The van der Waals surface area contributed by atoms with Crippen molar-refractivity contribution in [3.63, 3.8) is 0 Å². The van der Waals surface area contributed by atoms with Crippen LogP contribution in [-0.2, 0) is 4.79 Å². The minimum atomic E-state index is -0.0899. The molecule has 2 unspecified atom stereocenters. The predicted molar refractivity (Wildman–Crippen MR) is 71.0 cm³/mol. The van der Waals surface area contributed by atoms with E-state index >= 15 is 0 Å². The summed E-state index contributed by atoms with van der Waals surface area (Å²) in [5, 5.41) is 3.43. The number of carbonyl (C=O) groups excluding carboxylic acids is 1. The zero-order chi connectivity index (χ0) is 13.2. The molecule has 0 radical (unpaired) electrons. The smallest absolute Gasteiger partial charge is 0.241 e. The van der Waals surface area contributed by atoms with E-state index in [0.29, 0.717) is 6.04 Å². The highest BCUT2D eigenvalue weighted by atomic mass is 16.2. The van der Waals surface area contributed by atoms with E-state index in [1.807, 2.05) is 19.0 Å². The molecule has 1 fully saturated rings. The van der Waals surface area contributed by atoms with Crippen molar-refractivity contribution in [1.29, 1.82) is 0 Å². The number of rotatable bonds is 2. The van der Waals surface area contributed by atoms with Crippen molar-refractivity contribution in [1.82, 2.24) is 15.1 Å². The number of nitrogens with zero attached hydrogens (tertiary/aromatic N) is 2. The summed E-state index contributed by atoms with van der Waals surface area (Å²) in [7, 11) is 4.01. The topological polar surface area (TPSA) is 35.6 Å². The van der Waals surface area contributed by atoms with Crippen molar-refractivity contribution in [2.75, 3.05) is 27.2 Å². The number of hydrogen-bond donors (Lipinski definition) is 1. The quantitative estimate of drug-likeness (QED) is 0.781. The number of carbonyl (C=O) groups is 1. The van der Waals surface area contributed by atoms with Gasteiger partial charge in [0.15, 0.2) is 0 Å². The van der Waals surface area contributed by atoms with Gasteiger partial charge in [-0.2, -0.15) is 0 Å². The summed E-state index contributed by atoms with van der Waals surface area (Å²) in [6, 6.07) is 0.318. The minimum Gasteiger partial charge on any atom is -0.336 e. The maximum Gasteiger partial charge on any atom is 0.241 e. The molecular formula is C13H27N3O. The summed E-state index contributed by atoms with van der Waals surface area (Å²) < 4.78 is 0. The van der Waals surface area contributed by atoms with E-state index in [9.17, 15) is 4.79 Å². The van der Waals surface area contributed by atoms with Gasteiger partial charge in [-0.3, -0.25) is 4.79 Å². The van der Waals surface area contributed by atoms with Gasteiger partial charge in [-0.25, -0.2) is 0 Å². The summed E-state index contributed by atoms with van der Waals surface area (Å²) in [4.78, 5) is 16.6. The molecule has 0 aliphatic carbocycles. The van der Waals surface area contributed by atoms with Crippen LogP contribution in [0.5, 0.6) is 0 Å². The Bertz CT molecular complexity index is 270. The Morgan fingerprint density at radius 1 is 1.41 bits per heavy atom. The van der Waals surface area contributed by atoms with Gasteiger partial charge < -0.3 is 15.1 Å². The van der Waals surface area contributed by atoms with Gasteiger partial charge in [0.2, 0.25) is 5.91 Å². The fourth-order valence-electron chi connectivity index (χ4n) is 2.28. The van der Waals surface area contributed by atoms with Crippen molar-refractivity contribution >= 4 is 5.91 Å². The van der Waals surface area contributed by atoms with Crippen molar-refractivity contribution in [2.45, 2.75) is 51.7 Å². The molecule has 17 heavy (non-hydrogen) atoms. The molecule has 0 aromatic rings. The lowest BCUT2D eigenvalue weighted by Gasteiger charge is -2.36. The van der Waals surface area contributed by atoms with Crippen LogP contribution in [0.1, 0.15) is 34.1 Å². The van der Waals surface area contributed by atoms with E-state index in [-0.39, 0.29) is 17.5 Å². The Kier molecular flexibility index (Phi) is 4.55. The van der Waals surface area contributed by atoms with Gasteiger partial charge in [0.25, 0.3) is 0 Å². The summed E-state index contributed by atoms with van der Waals surface area (Å²) >= 11 is 0. The van der Waals surface area contributed by atoms with Crippen molar-refractivity contribution in [2.24, 2.45) is 0 Å². The number of amides is 1. The highest BCUT2D eigenvalue weighted by Crippen LogP contribution is 2.18. The van der Waals surface area contributed by atoms with Crippen molar-refractivity contribution in [3.05, 3.63) is 0 Å². The number of nitrogens with one attached hydrogen (secondary N) is 1. The zero-order valence-corrected chi connectivity index (χ0v) is 12.1. The van der Waals surface area contributed by atoms with Gasteiger partial charge in [0.1, 0.15) is 0 Å². The highest BCUT2D eigenvalue weighted by molar-refractivity contribution is 5.83. The van der Waals surface area contributed by atoms with E-state index in [0.717, 1.165) is 19.5 Å². The molecular weight excluding hydrogens is 214 g/mol. The third kappa shape index (κ3) is 3.96. The molecule has 0 saturated carbocycles. The van der Waals surface area contributed by atoms with Crippen LogP contribution in [-0.4, -0.2) is 60.5 Å². The van der Waals surface area contributed by atoms with Crippen LogP contribution in [0.25, 0.3) is 0 Å². The van der Waals surface area contributed by atoms with Gasteiger partial charge in [-0.1, -0.05) is 0 Å². The van der Waals surface area contributed by atoms with E-state index in [1.54, 1.807) is 0 Å². The average Bonchev–Trinajstić information content (AvgIpc) is 2.25. The Hall–Kier alpha value is -0.610. The highest BCUT2D eigenvalue weighted by Gasteiger charge is 2.34. The molecule has 100 valence electrons. The van der Waals surface area contributed by atoms with E-state index in [4.69, 9.17) is 0 Å². The lowest BCUT2D eigenvalue weighted by Crippen LogP contribution is -2.54. The standard InChI is InChI=1S/C13H27N3O/c1-10-7-8-16(13(2,3)4)12(17)11(14-10)9-15(5)6/h10-11,14H,7-9H2,1-6H3. The zero-order valence-electron chi connectivity index (χ0n) is 12.1. The molecule has 1 aliphatic rings. The normalized spacial score (nSPS) is 27.5. The van der Waals surface area contributed by atoms with Crippen LogP contribution in [0, 0.1) is 0 Å². The number of likely N-dealkylation sites (N-methyl/N-ethyl adjacent to an activating group) is 1. The maximum absolute atomic E-state index is 12.5. The summed E-state index contributed by atoms with van der Waals surface area (Å²) in [6.07, 6.45) is 1.02. The molecule has 1 rings (SSSR count). The Morgan fingerprint density at radius 3 is 2.47 bits per heavy atom. The molecule has 4 heteroatoms. The second-order valence-electron chi connectivity index (χ2n) is 6.33. The van der Waals surface area contributed by atoms with E-state index in [2.05, 4.69) is 37.9 Å². The SMILES string of the molecule is CC1CCN(C(C)(C)C)C(=O)C(CN(C)C)N1. The van der Waals surface area contributed by atoms with Crippen LogP contribution >= 0.6 is 0 Å². The molecule has 1 aliphatic heterocycles. The van der Waals surface area contributed by atoms with Gasteiger partial charge in [0.05, 0.1) is 6.04 Å². The largest absolute Gasteiger partial charge is 0.336 e. The number of hydrogen-bond acceptors (Lipinski definition) is 3. The monoisotopic (exact) mass is 241 g/mol. The average molecular weight is 241 g/mol. The van der Waals surface area contributed by atoms with Crippen LogP contribution < -0.4 is 5.32 Å². The van der Waals surface area contributed by atoms with Crippen molar-refractivity contribution < 1.29 is 4.79 Å². The first kappa shape index (κ1) is 14.5. The Balaban J connectivity index is 2.85. The van der Waals surface area contributed by atoms with E-state index in [1.165, 1.54) is 0 Å². The fourth-order valence-corrected chi connectivity index (χ4v) is 2.28. The first-order chi connectivity index (χ1) is 7.71. The first-order valence-electron chi connectivity index (χ1n) is 6.44. The van der Waals surface area contributed by atoms with Gasteiger partial charge in [-0.05, 0) is 48.2 Å². The van der Waals surface area contributed by atoms with E-state index < -0.39 is 0 Å². The third-order valence-corrected chi connectivity index (χ3v) is 3.19. The first-order valence-corrected chi connectivity index (χ1v) is 6.44. The molecule has 1 amide bonds. The molecule has 0 spiro atoms. The van der Waals surface area contributed by atoms with Gasteiger partial charge in [-0.15, -0.1) is 0 Å². The summed E-state index contributed by atoms with van der Waals surface area (Å²) in [6.45, 7) is 10.1. The van der Waals surface area contributed by atoms with Crippen molar-refractivity contribution in [3.8, 4) is 0 Å². The molecule has 4 nitrogen and oxygen atoms in total. The molecule has 1 N–H and O–H groups in total. The van der Waals surface area contributed by atoms with Crippen LogP contribution in [0.4, 0.5) is 0 Å². The Morgan fingerprint density at radius 2 is 2.00 bits per heavy atom. The Labute approximate surface area is 105 Å². The molecule has 0 bridgehead atoms. The maximum atomic E-state index is 12.5. The second kappa shape index (κ2) is 5.36. The van der Waals surface area contributed by atoms with Crippen LogP contribution in [0.3, 0.4) is 0 Å². The minimum absolute atomic E-state index is 0.0817. The molecule has 1 saturated heterocycles. The summed E-state index contributed by atoms with van der Waals surface area (Å²) in [5.41, 5.74) is -0.0899. The molecule has 0 aromatic heterocycles. The molecule has 2 atom stereocenters. The predicted octanol–water partition coefficient (Wildman–Crippen LogP) is 0.926. The molecule has 1 heterocycles. The summed E-state index contributed by atoms with van der Waals surface area (Å²) in [5.74, 6) is 0.232. The molecule has 0 aromatic carbocycles. The second-order valence-corrected chi connectivity index (χ2v) is 6.33. The van der Waals surface area contributed by atoms with Gasteiger partial charge in [0, 0.05) is 24.7 Å². The third-order valence-electron chi connectivity index (χ3n) is 3.19. The fraction of sp³-hybridized carbons (Fsp3) is 0.923. The van der Waals surface area contributed by atoms with Crippen LogP contribution in [0.15, 0.2) is 0 Å². The lowest BCUT2D eigenvalue weighted by atomic mass is 10.0. The van der Waals surface area contributed by atoms with Crippen LogP contribution in [0.2, 0.25) is 0 Å². The van der Waals surface area contributed by atoms with Gasteiger partial charge >= 0.3 is 0 Å². The lowest BCUT2D eigenvalue weighted by molar-refractivity contribution is -0.137.